The number of thiophene rings is 1. The molecule has 3 heteroatoms. The highest BCUT2D eigenvalue weighted by Gasteiger charge is 2.16. The van der Waals surface area contributed by atoms with Gasteiger partial charge in [-0.05, 0) is 24.5 Å². The maximum Gasteiger partial charge on any atom is 0.0558 e. The van der Waals surface area contributed by atoms with Crippen LogP contribution < -0.4 is 0 Å². The van der Waals surface area contributed by atoms with E-state index in [1.165, 1.54) is 9.75 Å². The average molecular weight is 241 g/mol. The minimum absolute atomic E-state index is 0.237. The zero-order valence-electron chi connectivity index (χ0n) is 10.8. The highest BCUT2D eigenvalue weighted by Crippen LogP contribution is 2.20. The van der Waals surface area contributed by atoms with Crippen molar-refractivity contribution in [3.8, 4) is 0 Å². The molecule has 0 aliphatic rings. The number of aliphatic hydroxyl groups excluding tert-OH is 1. The number of aryl methyl sites for hydroxylation is 1. The second-order valence-corrected chi connectivity index (χ2v) is 6.88. The third kappa shape index (κ3) is 5.10. The Morgan fingerprint density at radius 2 is 2.00 bits per heavy atom. The molecule has 0 aliphatic carbocycles. The summed E-state index contributed by atoms with van der Waals surface area (Å²) in [5, 5.41) is 9.08. The lowest BCUT2D eigenvalue weighted by Gasteiger charge is -2.29. The number of aliphatic hydroxyl groups is 1. The Hall–Kier alpha value is -0.380. The molecule has 92 valence electrons. The first-order chi connectivity index (χ1) is 7.40. The predicted octanol–water partition coefficient (Wildman–Crippen LogP) is 2.90. The van der Waals surface area contributed by atoms with Gasteiger partial charge in [-0.3, -0.25) is 4.90 Å². The molecule has 0 spiro atoms. The molecule has 1 N–H and O–H groups in total. The zero-order valence-corrected chi connectivity index (χ0v) is 11.6. The third-order valence-corrected chi connectivity index (χ3v) is 3.28. The second-order valence-electron chi connectivity index (χ2n) is 5.51. The Balaban J connectivity index is 2.57. The highest BCUT2D eigenvalue weighted by atomic mass is 32.1. The summed E-state index contributed by atoms with van der Waals surface area (Å²) in [6.45, 7) is 11.8. The summed E-state index contributed by atoms with van der Waals surface area (Å²) in [5.74, 6) is 0. The zero-order chi connectivity index (χ0) is 12.2. The van der Waals surface area contributed by atoms with Crippen molar-refractivity contribution in [2.75, 3.05) is 19.7 Å². The van der Waals surface area contributed by atoms with Crippen LogP contribution in [0, 0.1) is 12.3 Å². The molecule has 16 heavy (non-hydrogen) atoms. The van der Waals surface area contributed by atoms with Gasteiger partial charge < -0.3 is 5.11 Å². The molecule has 0 radical (unpaired) electrons. The Kier molecular flexibility index (Phi) is 4.96. The van der Waals surface area contributed by atoms with Crippen molar-refractivity contribution in [1.29, 1.82) is 0 Å². The largest absolute Gasteiger partial charge is 0.395 e. The van der Waals surface area contributed by atoms with E-state index in [0.29, 0.717) is 0 Å². The number of hydrogen-bond donors (Lipinski definition) is 1. The van der Waals surface area contributed by atoms with Crippen LogP contribution in [0.1, 0.15) is 30.5 Å². The molecule has 1 aromatic heterocycles. The molecule has 1 heterocycles. The van der Waals surface area contributed by atoms with E-state index >= 15 is 0 Å². The summed E-state index contributed by atoms with van der Waals surface area (Å²) < 4.78 is 0. The predicted molar refractivity (Wildman–Crippen MR) is 70.9 cm³/mol. The summed E-state index contributed by atoms with van der Waals surface area (Å²) in [5.41, 5.74) is 0.279. The van der Waals surface area contributed by atoms with Gasteiger partial charge in [0.2, 0.25) is 0 Å². The van der Waals surface area contributed by atoms with Crippen LogP contribution in [0.5, 0.6) is 0 Å². The molecule has 2 nitrogen and oxygen atoms in total. The lowest BCUT2D eigenvalue weighted by molar-refractivity contribution is 0.147. The van der Waals surface area contributed by atoms with Crippen LogP contribution >= 0.6 is 11.3 Å². The monoisotopic (exact) mass is 241 g/mol. The van der Waals surface area contributed by atoms with Gasteiger partial charge >= 0.3 is 0 Å². The van der Waals surface area contributed by atoms with E-state index in [-0.39, 0.29) is 12.0 Å². The van der Waals surface area contributed by atoms with Gasteiger partial charge in [0.1, 0.15) is 0 Å². The normalized spacial score (nSPS) is 12.4. The average Bonchev–Trinajstić information content (AvgIpc) is 2.48. The first kappa shape index (κ1) is 13.7. The SMILES string of the molecule is Cc1ccc(CN(CCO)CC(C)(C)C)s1. The topological polar surface area (TPSA) is 23.5 Å². The Bertz CT molecular complexity index is 314. The Morgan fingerprint density at radius 1 is 1.31 bits per heavy atom. The molecular weight excluding hydrogens is 218 g/mol. The first-order valence-corrected chi connectivity index (χ1v) is 6.61. The highest BCUT2D eigenvalue weighted by molar-refractivity contribution is 7.11. The first-order valence-electron chi connectivity index (χ1n) is 5.79. The minimum Gasteiger partial charge on any atom is -0.395 e. The fourth-order valence-corrected chi connectivity index (χ4v) is 2.75. The minimum atomic E-state index is 0.237. The van der Waals surface area contributed by atoms with Crippen LogP contribution in [-0.2, 0) is 6.54 Å². The maximum absolute atomic E-state index is 9.08. The fourth-order valence-electron chi connectivity index (χ4n) is 1.82. The quantitative estimate of drug-likeness (QED) is 0.857. The van der Waals surface area contributed by atoms with Gasteiger partial charge in [-0.1, -0.05) is 20.8 Å². The van der Waals surface area contributed by atoms with Crippen molar-refractivity contribution in [3.63, 3.8) is 0 Å². The third-order valence-electron chi connectivity index (χ3n) is 2.29. The van der Waals surface area contributed by atoms with Gasteiger partial charge in [0.05, 0.1) is 6.61 Å². The fraction of sp³-hybridized carbons (Fsp3) is 0.692. The van der Waals surface area contributed by atoms with E-state index in [9.17, 15) is 0 Å². The standard InChI is InChI=1S/C13H23NOS/c1-11-5-6-12(16-11)9-14(7-8-15)10-13(2,3)4/h5-6,15H,7-10H2,1-4H3. The smallest absolute Gasteiger partial charge is 0.0558 e. The van der Waals surface area contributed by atoms with E-state index in [1.54, 1.807) is 0 Å². The van der Waals surface area contributed by atoms with Crippen LogP contribution in [0.2, 0.25) is 0 Å². The molecule has 0 saturated carbocycles. The van der Waals surface area contributed by atoms with Crippen LogP contribution in [-0.4, -0.2) is 29.7 Å². The van der Waals surface area contributed by atoms with E-state index in [2.05, 4.69) is 44.7 Å². The molecular formula is C13H23NOS. The summed E-state index contributed by atoms with van der Waals surface area (Å²) >= 11 is 1.84. The molecule has 0 amide bonds. The lowest BCUT2D eigenvalue weighted by atomic mass is 9.96. The van der Waals surface area contributed by atoms with Crippen LogP contribution in [0.15, 0.2) is 12.1 Å². The Morgan fingerprint density at radius 3 is 2.44 bits per heavy atom. The van der Waals surface area contributed by atoms with Gasteiger partial charge in [0.25, 0.3) is 0 Å². The van der Waals surface area contributed by atoms with Gasteiger partial charge in [-0.25, -0.2) is 0 Å². The van der Waals surface area contributed by atoms with Gasteiger partial charge in [-0.15, -0.1) is 11.3 Å². The van der Waals surface area contributed by atoms with E-state index < -0.39 is 0 Å². The molecule has 1 aromatic rings. The van der Waals surface area contributed by atoms with Gasteiger partial charge in [0, 0.05) is 29.4 Å². The van der Waals surface area contributed by atoms with Crippen molar-refractivity contribution >= 4 is 11.3 Å². The van der Waals surface area contributed by atoms with E-state index in [0.717, 1.165) is 19.6 Å². The second kappa shape index (κ2) is 5.80. The summed E-state index contributed by atoms with van der Waals surface area (Å²) in [7, 11) is 0. The van der Waals surface area contributed by atoms with Gasteiger partial charge in [-0.2, -0.15) is 0 Å². The van der Waals surface area contributed by atoms with Crippen molar-refractivity contribution in [2.24, 2.45) is 5.41 Å². The molecule has 1 rings (SSSR count). The van der Waals surface area contributed by atoms with E-state index in [4.69, 9.17) is 5.11 Å². The molecule has 0 bridgehead atoms. The number of hydrogen-bond acceptors (Lipinski definition) is 3. The Labute approximate surface area is 103 Å². The van der Waals surface area contributed by atoms with Gasteiger partial charge in [0.15, 0.2) is 0 Å². The number of nitrogens with zero attached hydrogens (tertiary/aromatic N) is 1. The van der Waals surface area contributed by atoms with Crippen LogP contribution in [0.3, 0.4) is 0 Å². The molecule has 0 saturated heterocycles. The summed E-state index contributed by atoms with van der Waals surface area (Å²) in [4.78, 5) is 5.07. The maximum atomic E-state index is 9.08. The van der Waals surface area contributed by atoms with Crippen molar-refractivity contribution < 1.29 is 5.11 Å². The van der Waals surface area contributed by atoms with Crippen LogP contribution in [0.4, 0.5) is 0 Å². The lowest BCUT2D eigenvalue weighted by Crippen LogP contribution is -2.34. The molecule has 0 aliphatic heterocycles. The molecule has 0 aromatic carbocycles. The molecule has 0 unspecified atom stereocenters. The molecule has 0 fully saturated rings. The van der Waals surface area contributed by atoms with E-state index in [1.807, 2.05) is 11.3 Å². The summed E-state index contributed by atoms with van der Waals surface area (Å²) in [6.07, 6.45) is 0. The van der Waals surface area contributed by atoms with Crippen molar-refractivity contribution in [3.05, 3.63) is 21.9 Å². The van der Waals surface area contributed by atoms with Crippen LogP contribution in [0.25, 0.3) is 0 Å². The van der Waals surface area contributed by atoms with Crippen molar-refractivity contribution in [2.45, 2.75) is 34.2 Å². The number of rotatable bonds is 5. The van der Waals surface area contributed by atoms with Crippen molar-refractivity contribution in [1.82, 2.24) is 4.90 Å². The summed E-state index contributed by atoms with van der Waals surface area (Å²) in [6, 6.07) is 4.35. The molecule has 0 atom stereocenters.